The molecule has 1 saturated heterocycles. The van der Waals surface area contributed by atoms with Crippen molar-refractivity contribution < 1.29 is 9.53 Å². The molecule has 106 valence electrons. The Bertz CT molecular complexity index is 357. The first kappa shape index (κ1) is 12.4. The Morgan fingerprint density at radius 2 is 1.63 bits per heavy atom. The molecule has 3 atom stereocenters. The molecule has 1 heterocycles. The van der Waals surface area contributed by atoms with Gasteiger partial charge in [0.2, 0.25) is 0 Å². The molecule has 0 N–H and O–H groups in total. The van der Waals surface area contributed by atoms with Gasteiger partial charge in [-0.05, 0) is 50.4 Å². The first-order chi connectivity index (χ1) is 9.29. The van der Waals surface area contributed by atoms with Crippen LogP contribution < -0.4 is 0 Å². The highest BCUT2D eigenvalue weighted by Crippen LogP contribution is 2.57. The molecule has 4 aliphatic rings. The number of carbonyl (C=O) groups is 1. The predicted molar refractivity (Wildman–Crippen MR) is 73.8 cm³/mol. The van der Waals surface area contributed by atoms with Crippen molar-refractivity contribution in [3.63, 3.8) is 0 Å². The van der Waals surface area contributed by atoms with Gasteiger partial charge in [0.05, 0.1) is 5.60 Å². The third-order valence-electron chi connectivity index (χ3n) is 6.40. The fourth-order valence-corrected chi connectivity index (χ4v) is 5.32. The summed E-state index contributed by atoms with van der Waals surface area (Å²) in [7, 11) is 0. The Morgan fingerprint density at radius 1 is 0.947 bits per heavy atom. The first-order valence-electron chi connectivity index (χ1n) is 8.47. The molecule has 3 unspecified atom stereocenters. The van der Waals surface area contributed by atoms with Crippen molar-refractivity contribution in [1.82, 2.24) is 0 Å². The van der Waals surface area contributed by atoms with Crippen LogP contribution in [0, 0.1) is 23.7 Å². The van der Waals surface area contributed by atoms with E-state index in [9.17, 15) is 4.79 Å². The number of Topliss-reactive ketones (excluding diaryl/α,β-unsaturated/α-hetero) is 1. The number of ether oxygens (including phenoxy) is 1. The molecule has 0 bridgehead atoms. The maximum Gasteiger partial charge on any atom is 0.139 e. The van der Waals surface area contributed by atoms with Crippen LogP contribution in [0.2, 0.25) is 0 Å². The van der Waals surface area contributed by atoms with Crippen LogP contribution in [0.4, 0.5) is 0 Å². The molecule has 0 radical (unpaired) electrons. The summed E-state index contributed by atoms with van der Waals surface area (Å²) < 4.78 is 6.07. The van der Waals surface area contributed by atoms with E-state index in [1.54, 1.807) is 0 Å². The molecule has 3 saturated carbocycles. The summed E-state index contributed by atoms with van der Waals surface area (Å²) in [6.07, 6.45) is 12.4. The van der Waals surface area contributed by atoms with E-state index in [1.807, 2.05) is 0 Å². The zero-order chi connectivity index (χ0) is 12.9. The van der Waals surface area contributed by atoms with E-state index >= 15 is 0 Å². The fraction of sp³-hybridized carbons (Fsp3) is 0.941. The van der Waals surface area contributed by atoms with Gasteiger partial charge in [0, 0.05) is 18.4 Å². The summed E-state index contributed by atoms with van der Waals surface area (Å²) in [5.74, 6) is 2.99. The van der Waals surface area contributed by atoms with Gasteiger partial charge in [0.15, 0.2) is 0 Å². The highest BCUT2D eigenvalue weighted by molar-refractivity contribution is 5.86. The van der Waals surface area contributed by atoms with Crippen molar-refractivity contribution in [2.45, 2.75) is 69.8 Å². The number of hydrogen-bond donors (Lipinski definition) is 0. The van der Waals surface area contributed by atoms with Gasteiger partial charge in [-0.1, -0.05) is 25.7 Å². The molecule has 0 amide bonds. The van der Waals surface area contributed by atoms with Gasteiger partial charge in [-0.3, -0.25) is 4.79 Å². The highest BCUT2D eigenvalue weighted by atomic mass is 16.5. The van der Waals surface area contributed by atoms with Gasteiger partial charge in [0.1, 0.15) is 5.78 Å². The SMILES string of the molecule is O=C(C1CCOC2(CCCC2)C1)C1C2CCCCC21. The predicted octanol–water partition coefficient (Wildman–Crippen LogP) is 3.73. The summed E-state index contributed by atoms with van der Waals surface area (Å²) in [6, 6.07) is 0. The fourth-order valence-electron chi connectivity index (χ4n) is 5.32. The second kappa shape index (κ2) is 4.58. The van der Waals surface area contributed by atoms with E-state index in [2.05, 4.69) is 0 Å². The van der Waals surface area contributed by atoms with E-state index in [0.29, 0.717) is 17.6 Å². The number of rotatable bonds is 2. The first-order valence-corrected chi connectivity index (χ1v) is 8.47. The molecule has 2 heteroatoms. The van der Waals surface area contributed by atoms with E-state index in [1.165, 1.54) is 51.4 Å². The summed E-state index contributed by atoms with van der Waals surface area (Å²) in [5.41, 5.74) is 0.110. The van der Waals surface area contributed by atoms with Crippen LogP contribution in [0.5, 0.6) is 0 Å². The van der Waals surface area contributed by atoms with Crippen molar-refractivity contribution in [1.29, 1.82) is 0 Å². The minimum atomic E-state index is 0.110. The summed E-state index contributed by atoms with van der Waals surface area (Å²) in [5, 5.41) is 0. The maximum absolute atomic E-state index is 12.8. The lowest BCUT2D eigenvalue weighted by Crippen LogP contribution is -2.40. The van der Waals surface area contributed by atoms with Crippen molar-refractivity contribution in [3.8, 4) is 0 Å². The van der Waals surface area contributed by atoms with E-state index < -0.39 is 0 Å². The zero-order valence-electron chi connectivity index (χ0n) is 11.9. The number of hydrogen-bond acceptors (Lipinski definition) is 2. The van der Waals surface area contributed by atoms with Crippen LogP contribution >= 0.6 is 0 Å². The van der Waals surface area contributed by atoms with Gasteiger partial charge in [-0.15, -0.1) is 0 Å². The largest absolute Gasteiger partial charge is 0.375 e. The van der Waals surface area contributed by atoms with Gasteiger partial charge >= 0.3 is 0 Å². The highest BCUT2D eigenvalue weighted by Gasteiger charge is 2.56. The maximum atomic E-state index is 12.8. The molecule has 3 aliphatic carbocycles. The van der Waals surface area contributed by atoms with E-state index in [4.69, 9.17) is 4.74 Å². The summed E-state index contributed by atoms with van der Waals surface area (Å²) in [4.78, 5) is 12.8. The van der Waals surface area contributed by atoms with Gasteiger partial charge in [0.25, 0.3) is 0 Å². The molecule has 0 aromatic rings. The van der Waals surface area contributed by atoms with Crippen LogP contribution in [0.3, 0.4) is 0 Å². The van der Waals surface area contributed by atoms with Gasteiger partial charge in [-0.2, -0.15) is 0 Å². The van der Waals surface area contributed by atoms with Gasteiger partial charge < -0.3 is 4.74 Å². The van der Waals surface area contributed by atoms with Crippen LogP contribution in [0.25, 0.3) is 0 Å². The third-order valence-corrected chi connectivity index (χ3v) is 6.40. The van der Waals surface area contributed by atoms with Crippen molar-refractivity contribution >= 4 is 5.78 Å². The van der Waals surface area contributed by atoms with Crippen molar-refractivity contribution in [3.05, 3.63) is 0 Å². The number of fused-ring (bicyclic) bond motifs is 1. The summed E-state index contributed by atoms with van der Waals surface area (Å²) >= 11 is 0. The van der Waals surface area contributed by atoms with Crippen LogP contribution in [0.1, 0.15) is 64.2 Å². The van der Waals surface area contributed by atoms with E-state index in [0.717, 1.165) is 31.3 Å². The standard InChI is InChI=1S/C17H26O2/c18-16(15-13-5-1-2-6-14(13)15)12-7-10-19-17(11-12)8-3-4-9-17/h12-15H,1-11H2. The normalized spacial score (nSPS) is 44.0. The summed E-state index contributed by atoms with van der Waals surface area (Å²) in [6.45, 7) is 0.832. The molecule has 1 aliphatic heterocycles. The van der Waals surface area contributed by atoms with Crippen LogP contribution in [-0.4, -0.2) is 18.0 Å². The van der Waals surface area contributed by atoms with E-state index in [-0.39, 0.29) is 5.60 Å². The molecule has 4 fully saturated rings. The number of carbonyl (C=O) groups excluding carboxylic acids is 1. The lowest BCUT2D eigenvalue weighted by Gasteiger charge is -2.37. The third kappa shape index (κ3) is 2.07. The van der Waals surface area contributed by atoms with Crippen LogP contribution in [-0.2, 0) is 9.53 Å². The zero-order valence-corrected chi connectivity index (χ0v) is 11.9. The molecule has 0 aromatic heterocycles. The Balaban J connectivity index is 1.43. The Morgan fingerprint density at radius 3 is 2.32 bits per heavy atom. The van der Waals surface area contributed by atoms with Crippen LogP contribution in [0.15, 0.2) is 0 Å². The second-order valence-corrected chi connectivity index (χ2v) is 7.47. The molecule has 0 aromatic carbocycles. The molecular formula is C17H26O2. The monoisotopic (exact) mass is 262 g/mol. The second-order valence-electron chi connectivity index (χ2n) is 7.47. The average Bonchev–Trinajstić information content (AvgIpc) is 3.02. The van der Waals surface area contributed by atoms with Crippen molar-refractivity contribution in [2.75, 3.05) is 6.61 Å². The van der Waals surface area contributed by atoms with Crippen molar-refractivity contribution in [2.24, 2.45) is 23.7 Å². The smallest absolute Gasteiger partial charge is 0.139 e. The molecule has 1 spiro atoms. The molecule has 19 heavy (non-hydrogen) atoms. The lowest BCUT2D eigenvalue weighted by atomic mass is 9.81. The molecule has 2 nitrogen and oxygen atoms in total. The minimum Gasteiger partial charge on any atom is -0.375 e. The Kier molecular flexibility index (Phi) is 2.98. The number of ketones is 1. The average molecular weight is 262 g/mol. The Hall–Kier alpha value is -0.370. The molecule has 4 rings (SSSR count). The molecular weight excluding hydrogens is 236 g/mol. The topological polar surface area (TPSA) is 26.3 Å². The lowest BCUT2D eigenvalue weighted by molar-refractivity contribution is -0.138. The van der Waals surface area contributed by atoms with Gasteiger partial charge in [-0.25, -0.2) is 0 Å². The minimum absolute atomic E-state index is 0.110. The quantitative estimate of drug-likeness (QED) is 0.758. The Labute approximate surface area is 116 Å².